The van der Waals surface area contributed by atoms with Gasteiger partial charge in [0.1, 0.15) is 12.4 Å². The van der Waals surface area contributed by atoms with Crippen molar-refractivity contribution in [3.63, 3.8) is 0 Å². The van der Waals surface area contributed by atoms with E-state index in [1.807, 2.05) is 0 Å². The maximum Gasteiger partial charge on any atom is 0.317 e. The van der Waals surface area contributed by atoms with Crippen molar-refractivity contribution in [2.75, 3.05) is 16.8 Å². The number of para-hydroxylation sites is 2. The minimum atomic E-state index is -1.06. The summed E-state index contributed by atoms with van der Waals surface area (Å²) in [4.78, 5) is 39.6. The smallest absolute Gasteiger partial charge is 0.317 e. The fourth-order valence-electron chi connectivity index (χ4n) is 4.33. The van der Waals surface area contributed by atoms with Crippen LogP contribution in [-0.2, 0) is 24.5 Å². The van der Waals surface area contributed by atoms with E-state index in [0.29, 0.717) is 29.8 Å². The Bertz CT molecular complexity index is 983. The molecule has 4 rings (SSSR count). The van der Waals surface area contributed by atoms with Crippen molar-refractivity contribution in [1.82, 2.24) is 0 Å². The van der Waals surface area contributed by atoms with Gasteiger partial charge in [0.15, 0.2) is 6.10 Å². The number of carbonyl (C=O) groups is 3. The first-order valence-electron chi connectivity index (χ1n) is 10.1. The highest BCUT2D eigenvalue weighted by atomic mass is 19.1. The summed E-state index contributed by atoms with van der Waals surface area (Å²) >= 11 is 0. The molecule has 7 heteroatoms. The summed E-state index contributed by atoms with van der Waals surface area (Å²) in [7, 11) is 0. The Kier molecular flexibility index (Phi) is 5.28. The molecule has 2 amide bonds. The molecule has 1 N–H and O–H groups in total. The summed E-state index contributed by atoms with van der Waals surface area (Å²) in [5.74, 6) is -1.62. The molecule has 6 nitrogen and oxygen atoms in total. The minimum absolute atomic E-state index is 0.138. The Morgan fingerprint density at radius 1 is 1.10 bits per heavy atom. The van der Waals surface area contributed by atoms with Crippen LogP contribution in [-0.4, -0.2) is 30.4 Å². The molecular formula is C23H23FN2O4. The third-order valence-electron chi connectivity index (χ3n) is 5.91. The van der Waals surface area contributed by atoms with Crippen LogP contribution in [0.15, 0.2) is 48.5 Å². The SMILES string of the molecule is C[C@H](OC(=O)C1(c2ccc(F)cc2)CCCC1)C(=O)N1CC(=O)Nc2ccccc21. The molecule has 0 aromatic heterocycles. The van der Waals surface area contributed by atoms with Crippen LogP contribution in [0.25, 0.3) is 0 Å². The Hall–Kier alpha value is -3.22. The van der Waals surface area contributed by atoms with Gasteiger partial charge in [-0.25, -0.2) is 4.39 Å². The van der Waals surface area contributed by atoms with Crippen LogP contribution < -0.4 is 10.2 Å². The second-order valence-corrected chi connectivity index (χ2v) is 7.83. The number of rotatable bonds is 4. The van der Waals surface area contributed by atoms with Gasteiger partial charge in [0.25, 0.3) is 5.91 Å². The first-order valence-corrected chi connectivity index (χ1v) is 10.1. The largest absolute Gasteiger partial charge is 0.452 e. The maximum absolute atomic E-state index is 13.4. The average molecular weight is 410 g/mol. The molecule has 0 bridgehead atoms. The number of nitrogens with zero attached hydrogens (tertiary/aromatic N) is 1. The molecule has 30 heavy (non-hydrogen) atoms. The van der Waals surface area contributed by atoms with E-state index in [2.05, 4.69) is 5.32 Å². The molecule has 2 aromatic rings. The second kappa shape index (κ2) is 7.89. The van der Waals surface area contributed by atoms with Crippen molar-refractivity contribution in [3.05, 3.63) is 59.9 Å². The summed E-state index contributed by atoms with van der Waals surface area (Å²) < 4.78 is 19.0. The number of anilines is 2. The van der Waals surface area contributed by atoms with Gasteiger partial charge in [-0.05, 0) is 49.6 Å². The van der Waals surface area contributed by atoms with E-state index in [4.69, 9.17) is 4.74 Å². The number of hydrogen-bond acceptors (Lipinski definition) is 4. The third-order valence-corrected chi connectivity index (χ3v) is 5.91. The topological polar surface area (TPSA) is 75.7 Å². The fourth-order valence-corrected chi connectivity index (χ4v) is 4.33. The molecule has 1 saturated carbocycles. The van der Waals surface area contributed by atoms with E-state index >= 15 is 0 Å². The number of esters is 1. The zero-order chi connectivity index (χ0) is 21.3. The zero-order valence-electron chi connectivity index (χ0n) is 16.7. The lowest BCUT2D eigenvalue weighted by Gasteiger charge is -2.32. The molecule has 0 saturated heterocycles. The number of ether oxygens (including phenoxy) is 1. The van der Waals surface area contributed by atoms with E-state index in [-0.39, 0.29) is 18.3 Å². The van der Waals surface area contributed by atoms with E-state index in [1.54, 1.807) is 36.4 Å². The van der Waals surface area contributed by atoms with Gasteiger partial charge >= 0.3 is 5.97 Å². The molecule has 0 radical (unpaired) electrons. The molecule has 2 aliphatic rings. The standard InChI is InChI=1S/C23H23FN2O4/c1-15(21(28)26-14-20(27)25-18-6-2-3-7-19(18)26)30-22(29)23(12-4-5-13-23)16-8-10-17(24)11-9-16/h2-3,6-11,15H,4-5,12-14H2,1H3,(H,25,27)/t15-/m0/s1. The molecule has 1 heterocycles. The van der Waals surface area contributed by atoms with Crippen LogP contribution >= 0.6 is 0 Å². The summed E-state index contributed by atoms with van der Waals surface area (Å²) in [6.07, 6.45) is 1.83. The molecule has 1 aliphatic heterocycles. The quantitative estimate of drug-likeness (QED) is 0.782. The summed E-state index contributed by atoms with van der Waals surface area (Å²) in [6, 6.07) is 12.9. The van der Waals surface area contributed by atoms with Gasteiger partial charge in [0, 0.05) is 0 Å². The zero-order valence-corrected chi connectivity index (χ0v) is 16.7. The summed E-state index contributed by atoms with van der Waals surface area (Å²) in [5.41, 5.74) is 0.937. The normalized spacial score (nSPS) is 18.3. The van der Waals surface area contributed by atoms with Crippen molar-refractivity contribution in [3.8, 4) is 0 Å². The van der Waals surface area contributed by atoms with Crippen LogP contribution in [0, 0.1) is 5.82 Å². The van der Waals surface area contributed by atoms with Crippen molar-refractivity contribution in [2.45, 2.75) is 44.1 Å². The van der Waals surface area contributed by atoms with Crippen LogP contribution in [0.2, 0.25) is 0 Å². The fraction of sp³-hybridized carbons (Fsp3) is 0.348. The highest BCUT2D eigenvalue weighted by molar-refractivity contribution is 6.11. The lowest BCUT2D eigenvalue weighted by atomic mass is 9.79. The van der Waals surface area contributed by atoms with Gasteiger partial charge < -0.3 is 10.1 Å². The third kappa shape index (κ3) is 3.56. The highest BCUT2D eigenvalue weighted by Crippen LogP contribution is 2.42. The number of amides is 2. The van der Waals surface area contributed by atoms with Crippen LogP contribution in [0.4, 0.5) is 15.8 Å². The Morgan fingerprint density at radius 3 is 2.47 bits per heavy atom. The number of halogens is 1. The number of carbonyl (C=O) groups excluding carboxylic acids is 3. The Labute approximate surface area is 174 Å². The summed E-state index contributed by atoms with van der Waals surface area (Å²) in [5, 5.41) is 2.73. The number of hydrogen-bond donors (Lipinski definition) is 1. The lowest BCUT2D eigenvalue weighted by Crippen LogP contribution is -2.48. The van der Waals surface area contributed by atoms with Gasteiger partial charge in [0.2, 0.25) is 5.91 Å². The van der Waals surface area contributed by atoms with Crippen LogP contribution in [0.5, 0.6) is 0 Å². The van der Waals surface area contributed by atoms with Crippen LogP contribution in [0.1, 0.15) is 38.2 Å². The van der Waals surface area contributed by atoms with Gasteiger partial charge in [-0.2, -0.15) is 0 Å². The van der Waals surface area contributed by atoms with Crippen molar-refractivity contribution in [2.24, 2.45) is 0 Å². The van der Waals surface area contributed by atoms with Gasteiger partial charge in [-0.1, -0.05) is 37.1 Å². The Morgan fingerprint density at radius 2 is 1.77 bits per heavy atom. The van der Waals surface area contributed by atoms with Gasteiger partial charge in [-0.3, -0.25) is 19.3 Å². The molecular weight excluding hydrogens is 387 g/mol. The molecule has 0 unspecified atom stereocenters. The van der Waals surface area contributed by atoms with E-state index in [9.17, 15) is 18.8 Å². The van der Waals surface area contributed by atoms with E-state index < -0.39 is 23.4 Å². The van der Waals surface area contributed by atoms with Crippen molar-refractivity contribution < 1.29 is 23.5 Å². The van der Waals surface area contributed by atoms with Gasteiger partial charge in [-0.15, -0.1) is 0 Å². The minimum Gasteiger partial charge on any atom is -0.452 e. The number of nitrogens with one attached hydrogen (secondary N) is 1. The molecule has 1 aliphatic carbocycles. The lowest BCUT2D eigenvalue weighted by molar-refractivity contribution is -0.159. The van der Waals surface area contributed by atoms with Gasteiger partial charge in [0.05, 0.1) is 16.8 Å². The second-order valence-electron chi connectivity index (χ2n) is 7.83. The van der Waals surface area contributed by atoms with E-state index in [0.717, 1.165) is 12.8 Å². The van der Waals surface area contributed by atoms with Crippen molar-refractivity contribution >= 4 is 29.2 Å². The predicted octanol–water partition coefficient (Wildman–Crippen LogP) is 3.55. The first kappa shape index (κ1) is 20.1. The molecule has 2 aromatic carbocycles. The maximum atomic E-state index is 13.4. The summed E-state index contributed by atoms with van der Waals surface area (Å²) in [6.45, 7) is 1.38. The Balaban J connectivity index is 1.55. The highest BCUT2D eigenvalue weighted by Gasteiger charge is 2.45. The average Bonchev–Trinajstić information content (AvgIpc) is 3.24. The van der Waals surface area contributed by atoms with Crippen molar-refractivity contribution in [1.29, 1.82) is 0 Å². The molecule has 156 valence electrons. The number of benzene rings is 2. The molecule has 0 spiro atoms. The predicted molar refractivity (Wildman–Crippen MR) is 110 cm³/mol. The first-order chi connectivity index (χ1) is 14.4. The molecule has 1 fully saturated rings. The molecule has 1 atom stereocenters. The number of fused-ring (bicyclic) bond motifs is 1. The van der Waals surface area contributed by atoms with E-state index in [1.165, 1.54) is 24.0 Å². The van der Waals surface area contributed by atoms with Crippen LogP contribution in [0.3, 0.4) is 0 Å². The monoisotopic (exact) mass is 410 g/mol.